The summed E-state index contributed by atoms with van der Waals surface area (Å²) < 4.78 is 0. The van der Waals surface area contributed by atoms with Gasteiger partial charge in [-0.1, -0.05) is 24.6 Å². The van der Waals surface area contributed by atoms with Crippen molar-refractivity contribution in [3.63, 3.8) is 0 Å². The maximum absolute atomic E-state index is 12.8. The van der Waals surface area contributed by atoms with Crippen molar-refractivity contribution in [1.82, 2.24) is 9.80 Å². The lowest BCUT2D eigenvalue weighted by Gasteiger charge is -2.36. The number of hydrogen-bond donors (Lipinski definition) is 0. The quantitative estimate of drug-likeness (QED) is 0.789. The summed E-state index contributed by atoms with van der Waals surface area (Å²) in [4.78, 5) is 17.2. The Labute approximate surface area is 121 Å². The number of carbonyl (C=O) groups is 1. The molecule has 20 heavy (non-hydrogen) atoms. The maximum Gasteiger partial charge on any atom is 0.181 e. The van der Waals surface area contributed by atoms with Gasteiger partial charge in [-0.15, -0.1) is 0 Å². The standard InChI is InChI=1S/C17H24N2O/c1-18-9-10-19(2)16(12-18)17(20)15-8-4-7-14(11-15)13-5-3-6-13/h4,7-8,11,13,16H,3,5-6,9-10,12H2,1-2H3. The number of Topliss-reactive ketones (excluding diaryl/α,β-unsaturated/α-hetero) is 1. The second-order valence-electron chi connectivity index (χ2n) is 6.38. The predicted molar refractivity (Wildman–Crippen MR) is 81.3 cm³/mol. The summed E-state index contributed by atoms with van der Waals surface area (Å²) in [5.41, 5.74) is 2.25. The highest BCUT2D eigenvalue weighted by molar-refractivity contribution is 6.00. The Morgan fingerprint density at radius 1 is 1.20 bits per heavy atom. The number of nitrogens with zero attached hydrogens (tertiary/aromatic N) is 2. The molecule has 2 fully saturated rings. The molecule has 1 heterocycles. The Kier molecular flexibility index (Phi) is 3.90. The van der Waals surface area contributed by atoms with Gasteiger partial charge in [-0.3, -0.25) is 9.69 Å². The van der Waals surface area contributed by atoms with Crippen molar-refractivity contribution in [1.29, 1.82) is 0 Å². The topological polar surface area (TPSA) is 23.6 Å². The SMILES string of the molecule is CN1CCN(C)C(C(=O)c2cccc(C3CCC3)c2)C1. The van der Waals surface area contributed by atoms with Crippen LogP contribution in [0, 0.1) is 0 Å². The molecule has 1 aliphatic heterocycles. The Balaban J connectivity index is 1.78. The monoisotopic (exact) mass is 272 g/mol. The molecule has 1 saturated carbocycles. The molecular formula is C17H24N2O. The van der Waals surface area contributed by atoms with Crippen LogP contribution in [0.2, 0.25) is 0 Å². The average molecular weight is 272 g/mol. The molecule has 1 aliphatic carbocycles. The number of carbonyl (C=O) groups excluding carboxylic acids is 1. The fourth-order valence-electron chi connectivity index (χ4n) is 3.17. The number of benzene rings is 1. The Morgan fingerprint density at radius 3 is 2.70 bits per heavy atom. The van der Waals surface area contributed by atoms with Crippen LogP contribution >= 0.6 is 0 Å². The van der Waals surface area contributed by atoms with Gasteiger partial charge in [0.15, 0.2) is 5.78 Å². The van der Waals surface area contributed by atoms with Crippen LogP contribution in [-0.4, -0.2) is 55.4 Å². The van der Waals surface area contributed by atoms with E-state index < -0.39 is 0 Å². The summed E-state index contributed by atoms with van der Waals surface area (Å²) in [5.74, 6) is 0.967. The van der Waals surface area contributed by atoms with Crippen molar-refractivity contribution >= 4 is 5.78 Å². The van der Waals surface area contributed by atoms with Crippen molar-refractivity contribution < 1.29 is 4.79 Å². The van der Waals surface area contributed by atoms with Gasteiger partial charge in [0.05, 0.1) is 6.04 Å². The van der Waals surface area contributed by atoms with Crippen LogP contribution in [0.1, 0.15) is 41.1 Å². The summed E-state index contributed by atoms with van der Waals surface area (Å²) in [7, 11) is 4.16. The van der Waals surface area contributed by atoms with E-state index >= 15 is 0 Å². The summed E-state index contributed by atoms with van der Waals surface area (Å²) in [6.07, 6.45) is 3.90. The number of hydrogen-bond acceptors (Lipinski definition) is 3. The van der Waals surface area contributed by atoms with Crippen LogP contribution < -0.4 is 0 Å². The molecule has 3 rings (SSSR count). The number of rotatable bonds is 3. The molecule has 3 heteroatoms. The molecule has 1 atom stereocenters. The lowest BCUT2D eigenvalue weighted by atomic mass is 9.79. The summed E-state index contributed by atoms with van der Waals surface area (Å²) >= 11 is 0. The summed E-state index contributed by atoms with van der Waals surface area (Å²) in [5, 5.41) is 0. The first-order chi connectivity index (χ1) is 9.65. The van der Waals surface area contributed by atoms with Crippen molar-refractivity contribution in [2.45, 2.75) is 31.2 Å². The zero-order valence-corrected chi connectivity index (χ0v) is 12.5. The molecule has 0 spiro atoms. The Hall–Kier alpha value is -1.19. The Morgan fingerprint density at radius 2 is 2.00 bits per heavy atom. The van der Waals surface area contributed by atoms with E-state index in [2.05, 4.69) is 36.0 Å². The predicted octanol–water partition coefficient (Wildman–Crippen LogP) is 2.38. The minimum Gasteiger partial charge on any atom is -0.303 e. The molecule has 2 aliphatic rings. The van der Waals surface area contributed by atoms with Crippen molar-refractivity contribution in [3.8, 4) is 0 Å². The van der Waals surface area contributed by atoms with Gasteiger partial charge < -0.3 is 4.90 Å². The van der Waals surface area contributed by atoms with Crippen molar-refractivity contribution in [2.75, 3.05) is 33.7 Å². The first-order valence-corrected chi connectivity index (χ1v) is 7.68. The third kappa shape index (κ3) is 2.65. The largest absolute Gasteiger partial charge is 0.303 e. The molecule has 0 radical (unpaired) electrons. The van der Waals surface area contributed by atoms with Gasteiger partial charge in [0.2, 0.25) is 0 Å². The van der Waals surface area contributed by atoms with Crippen LogP contribution in [0.3, 0.4) is 0 Å². The van der Waals surface area contributed by atoms with E-state index in [9.17, 15) is 4.79 Å². The Bertz CT molecular complexity index is 496. The summed E-state index contributed by atoms with van der Waals surface area (Å²) in [6, 6.07) is 8.34. The third-order valence-corrected chi connectivity index (χ3v) is 4.90. The fraction of sp³-hybridized carbons (Fsp3) is 0.588. The highest BCUT2D eigenvalue weighted by Gasteiger charge is 2.29. The van der Waals surface area contributed by atoms with Crippen LogP contribution in [0.25, 0.3) is 0 Å². The van der Waals surface area contributed by atoms with E-state index in [1.165, 1.54) is 24.8 Å². The zero-order chi connectivity index (χ0) is 14.1. The van der Waals surface area contributed by atoms with Crippen LogP contribution in [-0.2, 0) is 0 Å². The molecule has 1 unspecified atom stereocenters. The average Bonchev–Trinajstić information content (AvgIpc) is 2.39. The van der Waals surface area contributed by atoms with E-state index in [1.807, 2.05) is 12.1 Å². The molecule has 0 aromatic heterocycles. The molecule has 0 amide bonds. The third-order valence-electron chi connectivity index (χ3n) is 4.90. The number of likely N-dealkylation sites (N-methyl/N-ethyl adjacent to an activating group) is 2. The molecule has 0 bridgehead atoms. The van der Waals surface area contributed by atoms with E-state index in [-0.39, 0.29) is 11.8 Å². The highest BCUT2D eigenvalue weighted by atomic mass is 16.1. The van der Waals surface area contributed by atoms with E-state index in [0.717, 1.165) is 25.2 Å². The van der Waals surface area contributed by atoms with E-state index in [4.69, 9.17) is 0 Å². The number of piperazine rings is 1. The summed E-state index contributed by atoms with van der Waals surface area (Å²) in [6.45, 7) is 2.85. The van der Waals surface area contributed by atoms with E-state index in [1.54, 1.807) is 0 Å². The van der Waals surface area contributed by atoms with Crippen molar-refractivity contribution in [2.24, 2.45) is 0 Å². The zero-order valence-electron chi connectivity index (χ0n) is 12.5. The fourth-order valence-corrected chi connectivity index (χ4v) is 3.17. The van der Waals surface area contributed by atoms with Gasteiger partial charge >= 0.3 is 0 Å². The molecular weight excluding hydrogens is 248 g/mol. The van der Waals surface area contributed by atoms with Gasteiger partial charge in [0.1, 0.15) is 0 Å². The molecule has 3 nitrogen and oxygen atoms in total. The minimum atomic E-state index is 0.00499. The van der Waals surface area contributed by atoms with E-state index in [0.29, 0.717) is 5.92 Å². The van der Waals surface area contributed by atoms with Crippen molar-refractivity contribution in [3.05, 3.63) is 35.4 Å². The second kappa shape index (κ2) is 5.66. The van der Waals surface area contributed by atoms with Crippen LogP contribution in [0.15, 0.2) is 24.3 Å². The first-order valence-electron chi connectivity index (χ1n) is 7.68. The molecule has 108 valence electrons. The van der Waals surface area contributed by atoms with Gasteiger partial charge in [-0.05, 0) is 44.5 Å². The van der Waals surface area contributed by atoms with Gasteiger partial charge in [-0.2, -0.15) is 0 Å². The first kappa shape index (κ1) is 13.8. The van der Waals surface area contributed by atoms with Gasteiger partial charge in [0.25, 0.3) is 0 Å². The lowest BCUT2D eigenvalue weighted by molar-refractivity contribution is 0.0686. The molecule has 1 aromatic carbocycles. The molecule has 0 N–H and O–H groups in total. The van der Waals surface area contributed by atoms with Crippen LogP contribution in [0.4, 0.5) is 0 Å². The van der Waals surface area contributed by atoms with Crippen LogP contribution in [0.5, 0.6) is 0 Å². The number of ketones is 1. The van der Waals surface area contributed by atoms with Gasteiger partial charge in [-0.25, -0.2) is 0 Å². The molecule has 1 aromatic rings. The molecule has 1 saturated heterocycles. The normalized spacial score (nSPS) is 25.4. The highest BCUT2D eigenvalue weighted by Crippen LogP contribution is 2.36. The smallest absolute Gasteiger partial charge is 0.181 e. The minimum absolute atomic E-state index is 0.00499. The second-order valence-corrected chi connectivity index (χ2v) is 6.38. The van der Waals surface area contributed by atoms with Gasteiger partial charge in [0, 0.05) is 25.2 Å². The lowest BCUT2D eigenvalue weighted by Crippen LogP contribution is -2.53. The maximum atomic E-state index is 12.8.